The largest absolute Gasteiger partial charge is 0.488 e. The van der Waals surface area contributed by atoms with E-state index >= 15 is 0 Å². The summed E-state index contributed by atoms with van der Waals surface area (Å²) in [6.45, 7) is 6.46. The molecule has 1 aromatic heterocycles. The Balaban J connectivity index is 1.82. The van der Waals surface area contributed by atoms with E-state index < -0.39 is 0 Å². The molecule has 0 spiro atoms. The van der Waals surface area contributed by atoms with Crippen molar-refractivity contribution in [2.75, 3.05) is 52.7 Å². The minimum absolute atomic E-state index is 0.0297. The van der Waals surface area contributed by atoms with E-state index in [0.717, 1.165) is 25.1 Å². The number of carbonyl (C=O) groups excluding carboxylic acids is 2. The molecule has 2 aromatic rings. The maximum atomic E-state index is 13.6. The number of hydrogen-bond acceptors (Lipinski definition) is 7. The summed E-state index contributed by atoms with van der Waals surface area (Å²) in [7, 11) is 6.00. The number of anilines is 1. The Morgan fingerprint density at radius 2 is 1.97 bits per heavy atom. The SMILES string of the molecule is C[C@H]1CN([C@@H](C)CO)C(=O)c2cc(NC(=O)CCCN(C)C)ccc2O[C@H]1CN(C)Cc1ccncc1. The van der Waals surface area contributed by atoms with Gasteiger partial charge in [-0.15, -0.1) is 0 Å². The smallest absolute Gasteiger partial charge is 0.258 e. The molecular weight excluding hydrogens is 470 g/mol. The van der Waals surface area contributed by atoms with E-state index in [0.29, 0.717) is 36.5 Å². The molecule has 3 atom stereocenters. The second kappa shape index (κ2) is 13.5. The maximum absolute atomic E-state index is 13.6. The van der Waals surface area contributed by atoms with Crippen LogP contribution in [-0.4, -0.2) is 96.1 Å². The van der Waals surface area contributed by atoms with Crippen LogP contribution in [0.2, 0.25) is 0 Å². The number of hydrogen-bond donors (Lipinski definition) is 2. The zero-order chi connectivity index (χ0) is 26.9. The summed E-state index contributed by atoms with van der Waals surface area (Å²) in [4.78, 5) is 36.1. The van der Waals surface area contributed by atoms with Crippen LogP contribution in [0.1, 0.15) is 42.6 Å². The van der Waals surface area contributed by atoms with Crippen LogP contribution in [0.4, 0.5) is 5.69 Å². The van der Waals surface area contributed by atoms with Crippen molar-refractivity contribution >= 4 is 17.5 Å². The molecule has 0 saturated heterocycles. The molecule has 0 aliphatic carbocycles. The molecule has 37 heavy (non-hydrogen) atoms. The minimum atomic E-state index is -0.347. The normalized spacial score (nSPS) is 18.7. The van der Waals surface area contributed by atoms with E-state index in [1.165, 1.54) is 0 Å². The van der Waals surface area contributed by atoms with E-state index in [1.54, 1.807) is 35.5 Å². The monoisotopic (exact) mass is 511 g/mol. The number of ether oxygens (including phenoxy) is 1. The highest BCUT2D eigenvalue weighted by atomic mass is 16.5. The van der Waals surface area contributed by atoms with Gasteiger partial charge >= 0.3 is 0 Å². The molecule has 202 valence electrons. The highest BCUT2D eigenvalue weighted by molar-refractivity contribution is 5.99. The zero-order valence-corrected chi connectivity index (χ0v) is 22.7. The molecule has 2 N–H and O–H groups in total. The van der Waals surface area contributed by atoms with Crippen LogP contribution >= 0.6 is 0 Å². The average molecular weight is 512 g/mol. The molecule has 0 fully saturated rings. The van der Waals surface area contributed by atoms with Gasteiger partial charge in [0.2, 0.25) is 5.91 Å². The predicted molar refractivity (Wildman–Crippen MR) is 145 cm³/mol. The Kier molecular flexibility index (Phi) is 10.4. The third-order valence-electron chi connectivity index (χ3n) is 6.65. The van der Waals surface area contributed by atoms with E-state index in [-0.39, 0.29) is 36.5 Å². The molecular formula is C28H41N5O4. The van der Waals surface area contributed by atoms with Gasteiger partial charge in [-0.25, -0.2) is 0 Å². The van der Waals surface area contributed by atoms with Gasteiger partial charge in [0.15, 0.2) is 0 Å². The fraction of sp³-hybridized carbons (Fsp3) is 0.536. The third kappa shape index (κ3) is 8.24. The van der Waals surface area contributed by atoms with Crippen molar-refractivity contribution in [2.24, 2.45) is 5.92 Å². The second-order valence-electron chi connectivity index (χ2n) is 10.3. The van der Waals surface area contributed by atoms with E-state index in [1.807, 2.05) is 45.1 Å². The topological polar surface area (TPSA) is 98.2 Å². The van der Waals surface area contributed by atoms with Crippen LogP contribution in [0.15, 0.2) is 42.7 Å². The molecule has 9 nitrogen and oxygen atoms in total. The first-order valence-corrected chi connectivity index (χ1v) is 12.9. The molecule has 0 saturated carbocycles. The number of amides is 2. The highest BCUT2D eigenvalue weighted by Crippen LogP contribution is 2.31. The fourth-order valence-corrected chi connectivity index (χ4v) is 4.47. The highest BCUT2D eigenvalue weighted by Gasteiger charge is 2.33. The number of pyridine rings is 1. The Labute approximate surface area is 220 Å². The van der Waals surface area contributed by atoms with Gasteiger partial charge in [-0.2, -0.15) is 0 Å². The maximum Gasteiger partial charge on any atom is 0.258 e. The molecule has 1 aliphatic rings. The van der Waals surface area contributed by atoms with Crippen LogP contribution < -0.4 is 10.1 Å². The zero-order valence-electron chi connectivity index (χ0n) is 22.7. The summed E-state index contributed by atoms with van der Waals surface area (Å²) >= 11 is 0. The lowest BCUT2D eigenvalue weighted by Crippen LogP contribution is -2.49. The summed E-state index contributed by atoms with van der Waals surface area (Å²) < 4.78 is 6.46. The minimum Gasteiger partial charge on any atom is -0.488 e. The first kappa shape index (κ1) is 28.6. The number of nitrogens with zero attached hydrogens (tertiary/aromatic N) is 4. The Hall–Kier alpha value is -3.01. The van der Waals surface area contributed by atoms with E-state index in [4.69, 9.17) is 4.74 Å². The van der Waals surface area contributed by atoms with Gasteiger partial charge in [0, 0.05) is 50.1 Å². The van der Waals surface area contributed by atoms with Crippen LogP contribution in [0.3, 0.4) is 0 Å². The predicted octanol–water partition coefficient (Wildman–Crippen LogP) is 2.71. The molecule has 1 aliphatic heterocycles. The van der Waals surface area contributed by atoms with Crippen molar-refractivity contribution < 1.29 is 19.4 Å². The lowest BCUT2D eigenvalue weighted by atomic mass is 9.99. The number of rotatable bonds is 11. The van der Waals surface area contributed by atoms with E-state index in [9.17, 15) is 14.7 Å². The molecule has 0 bridgehead atoms. The summed E-state index contributed by atoms with van der Waals surface area (Å²) in [5.41, 5.74) is 2.11. The Morgan fingerprint density at radius 3 is 2.65 bits per heavy atom. The van der Waals surface area contributed by atoms with Crippen LogP contribution in [0.5, 0.6) is 5.75 Å². The van der Waals surface area contributed by atoms with Crippen LogP contribution in [0.25, 0.3) is 0 Å². The second-order valence-corrected chi connectivity index (χ2v) is 10.3. The first-order chi connectivity index (χ1) is 17.7. The van der Waals surface area contributed by atoms with Gasteiger partial charge in [-0.3, -0.25) is 19.5 Å². The third-order valence-corrected chi connectivity index (χ3v) is 6.65. The lowest BCUT2D eigenvalue weighted by molar-refractivity contribution is -0.116. The van der Waals surface area contributed by atoms with Crippen molar-refractivity contribution in [3.63, 3.8) is 0 Å². The fourth-order valence-electron chi connectivity index (χ4n) is 4.47. The number of aliphatic hydroxyl groups is 1. The average Bonchev–Trinajstić information content (AvgIpc) is 2.86. The van der Waals surface area contributed by atoms with Gasteiger partial charge in [-0.1, -0.05) is 6.92 Å². The summed E-state index contributed by atoms with van der Waals surface area (Å²) in [5.74, 6) is 0.211. The summed E-state index contributed by atoms with van der Waals surface area (Å²) in [6, 6.07) is 8.87. The number of benzene rings is 1. The Morgan fingerprint density at radius 1 is 1.24 bits per heavy atom. The van der Waals surface area contributed by atoms with Crippen molar-refractivity contribution in [3.05, 3.63) is 53.9 Å². The number of aromatic nitrogens is 1. The van der Waals surface area contributed by atoms with Crippen molar-refractivity contribution in [3.8, 4) is 5.75 Å². The number of aliphatic hydroxyl groups excluding tert-OH is 1. The standard InChI is InChI=1S/C28H41N5O4/c1-20-16-33(21(2)19-34)28(36)24-15-23(30-27(35)7-6-14-31(3)4)8-9-25(24)37-26(20)18-32(5)17-22-10-12-29-13-11-22/h8-13,15,20-21,26,34H,6-7,14,16-19H2,1-5H3,(H,30,35)/t20-,21-,26-/m0/s1. The molecule has 2 heterocycles. The van der Waals surface area contributed by atoms with Crippen molar-refractivity contribution in [1.82, 2.24) is 19.7 Å². The molecule has 0 radical (unpaired) electrons. The van der Waals surface area contributed by atoms with E-state index in [2.05, 4.69) is 22.1 Å². The van der Waals surface area contributed by atoms with Crippen molar-refractivity contribution in [1.29, 1.82) is 0 Å². The Bertz CT molecular complexity index is 1030. The van der Waals surface area contributed by atoms with Gasteiger partial charge in [-0.05, 0) is 76.9 Å². The van der Waals surface area contributed by atoms with Crippen LogP contribution in [-0.2, 0) is 11.3 Å². The number of likely N-dealkylation sites (N-methyl/N-ethyl adjacent to an activating group) is 1. The van der Waals surface area contributed by atoms with Gasteiger partial charge in [0.05, 0.1) is 18.2 Å². The molecule has 9 heteroatoms. The number of fused-ring (bicyclic) bond motifs is 1. The summed E-state index contributed by atoms with van der Waals surface area (Å²) in [6.07, 6.45) is 4.54. The summed E-state index contributed by atoms with van der Waals surface area (Å²) in [5, 5.41) is 12.8. The molecule has 0 unspecified atom stereocenters. The first-order valence-electron chi connectivity index (χ1n) is 12.9. The van der Waals surface area contributed by atoms with Gasteiger partial charge in [0.25, 0.3) is 5.91 Å². The van der Waals surface area contributed by atoms with Gasteiger partial charge < -0.3 is 25.0 Å². The molecule has 3 rings (SSSR count). The molecule has 1 aromatic carbocycles. The quantitative estimate of drug-likeness (QED) is 0.479. The van der Waals surface area contributed by atoms with Crippen molar-refractivity contribution in [2.45, 2.75) is 45.4 Å². The molecule has 2 amide bonds. The van der Waals surface area contributed by atoms with Gasteiger partial charge in [0.1, 0.15) is 11.9 Å². The van der Waals surface area contributed by atoms with Crippen LogP contribution in [0, 0.1) is 5.92 Å². The lowest BCUT2D eigenvalue weighted by Gasteiger charge is -2.38. The number of nitrogens with one attached hydrogen (secondary N) is 1. The number of carbonyl (C=O) groups is 2.